The number of nitrogens with zero attached hydrogens (tertiary/aromatic N) is 7. The molecule has 2 saturated heterocycles. The minimum absolute atomic E-state index is 0.0440. The lowest BCUT2D eigenvalue weighted by Crippen LogP contribution is -2.49. The van der Waals surface area contributed by atoms with Crippen molar-refractivity contribution in [3.63, 3.8) is 0 Å². The highest BCUT2D eigenvalue weighted by molar-refractivity contribution is 5.94. The second-order valence-electron chi connectivity index (χ2n) is 8.02. The van der Waals surface area contributed by atoms with Gasteiger partial charge in [-0.3, -0.25) is 9.20 Å². The van der Waals surface area contributed by atoms with E-state index in [1.807, 2.05) is 52.9 Å². The Kier molecular flexibility index (Phi) is 4.98. The van der Waals surface area contributed by atoms with Crippen LogP contribution in [0, 0.1) is 6.92 Å². The Morgan fingerprint density at radius 1 is 0.900 bits per heavy atom. The van der Waals surface area contributed by atoms with E-state index in [0.717, 1.165) is 49.3 Å². The van der Waals surface area contributed by atoms with Gasteiger partial charge in [0.25, 0.3) is 5.91 Å². The van der Waals surface area contributed by atoms with Gasteiger partial charge in [0.1, 0.15) is 17.2 Å². The monoisotopic (exact) mass is 405 g/mol. The molecule has 0 bridgehead atoms. The van der Waals surface area contributed by atoms with Crippen molar-refractivity contribution in [3.05, 3.63) is 48.0 Å². The second-order valence-corrected chi connectivity index (χ2v) is 8.02. The lowest BCUT2D eigenvalue weighted by Gasteiger charge is -2.36. The fourth-order valence-electron chi connectivity index (χ4n) is 4.42. The number of piperazine rings is 1. The summed E-state index contributed by atoms with van der Waals surface area (Å²) in [5, 5.41) is 0. The van der Waals surface area contributed by atoms with Gasteiger partial charge in [-0.05, 0) is 44.4 Å². The minimum atomic E-state index is 0.0440. The van der Waals surface area contributed by atoms with E-state index in [0.29, 0.717) is 18.8 Å². The second kappa shape index (κ2) is 7.93. The molecule has 2 fully saturated rings. The Morgan fingerprint density at radius 2 is 1.70 bits per heavy atom. The average Bonchev–Trinajstić information content (AvgIpc) is 3.15. The largest absolute Gasteiger partial charge is 0.353 e. The molecule has 0 aromatic carbocycles. The first kappa shape index (κ1) is 18.8. The Morgan fingerprint density at radius 3 is 2.50 bits per heavy atom. The summed E-state index contributed by atoms with van der Waals surface area (Å²) in [5.41, 5.74) is 2.24. The summed E-state index contributed by atoms with van der Waals surface area (Å²) in [5.74, 6) is 1.82. The van der Waals surface area contributed by atoms with Crippen molar-refractivity contribution in [1.29, 1.82) is 0 Å². The summed E-state index contributed by atoms with van der Waals surface area (Å²) in [4.78, 5) is 33.5. The van der Waals surface area contributed by atoms with Gasteiger partial charge >= 0.3 is 0 Å². The summed E-state index contributed by atoms with van der Waals surface area (Å²) in [7, 11) is 0. The summed E-state index contributed by atoms with van der Waals surface area (Å²) in [6.45, 7) is 6.83. The van der Waals surface area contributed by atoms with Gasteiger partial charge in [0.05, 0.1) is 5.69 Å². The minimum Gasteiger partial charge on any atom is -0.353 e. The molecule has 0 atom stereocenters. The van der Waals surface area contributed by atoms with Crippen LogP contribution in [0.3, 0.4) is 0 Å². The number of hydrogen-bond acceptors (Lipinski definition) is 6. The number of amides is 1. The van der Waals surface area contributed by atoms with Crippen LogP contribution in [-0.2, 0) is 0 Å². The molecule has 8 heteroatoms. The molecule has 156 valence electrons. The first-order valence-corrected chi connectivity index (χ1v) is 10.8. The van der Waals surface area contributed by atoms with Crippen LogP contribution < -0.4 is 9.80 Å². The smallest absolute Gasteiger partial charge is 0.272 e. The maximum atomic E-state index is 13.2. The first-order chi connectivity index (χ1) is 14.7. The molecule has 5 heterocycles. The zero-order chi connectivity index (χ0) is 20.5. The number of carbonyl (C=O) groups is 1. The Balaban J connectivity index is 1.28. The standard InChI is InChI=1S/C22H27N7O/c1-17-20(29-12-6-3-7-19(29)24-17)21(30)27-15-13-26(14-16-27)18-8-9-23-22(25-18)28-10-4-2-5-11-28/h3,6-9,12H,2,4-5,10-11,13-16H2,1H3. The number of carbonyl (C=O) groups excluding carboxylic acids is 1. The predicted octanol–water partition coefficient (Wildman–Crippen LogP) is 2.39. The number of pyridine rings is 1. The number of aromatic nitrogens is 4. The number of rotatable bonds is 3. The van der Waals surface area contributed by atoms with Gasteiger partial charge < -0.3 is 14.7 Å². The van der Waals surface area contributed by atoms with Crippen molar-refractivity contribution in [2.24, 2.45) is 0 Å². The van der Waals surface area contributed by atoms with Crippen molar-refractivity contribution in [3.8, 4) is 0 Å². The molecule has 0 unspecified atom stereocenters. The van der Waals surface area contributed by atoms with Gasteiger partial charge in [0.15, 0.2) is 0 Å². The maximum Gasteiger partial charge on any atom is 0.272 e. The van der Waals surface area contributed by atoms with Gasteiger partial charge in [-0.2, -0.15) is 4.98 Å². The van der Waals surface area contributed by atoms with Crippen molar-refractivity contribution in [2.75, 3.05) is 49.1 Å². The van der Waals surface area contributed by atoms with Crippen molar-refractivity contribution in [2.45, 2.75) is 26.2 Å². The van der Waals surface area contributed by atoms with Gasteiger partial charge in [0.2, 0.25) is 5.95 Å². The quantitative estimate of drug-likeness (QED) is 0.666. The maximum absolute atomic E-state index is 13.2. The summed E-state index contributed by atoms with van der Waals surface area (Å²) >= 11 is 0. The third-order valence-corrected chi connectivity index (χ3v) is 6.06. The van der Waals surface area contributed by atoms with E-state index in [-0.39, 0.29) is 5.91 Å². The highest BCUT2D eigenvalue weighted by Gasteiger charge is 2.27. The molecular weight excluding hydrogens is 378 g/mol. The molecule has 30 heavy (non-hydrogen) atoms. The molecule has 0 saturated carbocycles. The zero-order valence-electron chi connectivity index (χ0n) is 17.4. The highest BCUT2D eigenvalue weighted by atomic mass is 16.2. The molecule has 1 amide bonds. The molecule has 8 nitrogen and oxygen atoms in total. The fourth-order valence-corrected chi connectivity index (χ4v) is 4.42. The van der Waals surface area contributed by atoms with Crippen molar-refractivity contribution >= 4 is 23.3 Å². The first-order valence-electron chi connectivity index (χ1n) is 10.8. The topological polar surface area (TPSA) is 69.9 Å². The van der Waals surface area contributed by atoms with Crippen molar-refractivity contribution < 1.29 is 4.79 Å². The number of hydrogen-bond donors (Lipinski definition) is 0. The molecular formula is C22H27N7O. The fraction of sp³-hybridized carbons (Fsp3) is 0.455. The molecule has 0 aliphatic carbocycles. The SMILES string of the molecule is Cc1nc2ccccn2c1C(=O)N1CCN(c2ccnc(N3CCCCC3)n2)CC1. The molecule has 2 aliphatic heterocycles. The van der Waals surface area contributed by atoms with Crippen LogP contribution in [0.25, 0.3) is 5.65 Å². The lowest BCUT2D eigenvalue weighted by molar-refractivity contribution is 0.0738. The van der Waals surface area contributed by atoms with Crippen LogP contribution in [0.1, 0.15) is 35.4 Å². The number of imidazole rings is 1. The van der Waals surface area contributed by atoms with E-state index in [1.54, 1.807) is 0 Å². The van der Waals surface area contributed by atoms with Gasteiger partial charge in [-0.1, -0.05) is 6.07 Å². The van der Waals surface area contributed by atoms with E-state index in [1.165, 1.54) is 19.3 Å². The molecule has 0 spiro atoms. The lowest BCUT2D eigenvalue weighted by atomic mass is 10.1. The number of anilines is 2. The third-order valence-electron chi connectivity index (χ3n) is 6.06. The van der Waals surface area contributed by atoms with E-state index in [9.17, 15) is 4.79 Å². The third kappa shape index (κ3) is 3.46. The number of fused-ring (bicyclic) bond motifs is 1. The highest BCUT2D eigenvalue weighted by Crippen LogP contribution is 2.21. The summed E-state index contributed by atoms with van der Waals surface area (Å²) < 4.78 is 1.89. The van der Waals surface area contributed by atoms with E-state index in [4.69, 9.17) is 4.98 Å². The Labute approximate surface area is 176 Å². The van der Waals surface area contributed by atoms with Gasteiger partial charge in [-0.15, -0.1) is 0 Å². The molecule has 3 aromatic rings. The average molecular weight is 406 g/mol. The van der Waals surface area contributed by atoms with E-state index in [2.05, 4.69) is 19.8 Å². The molecule has 2 aliphatic rings. The van der Waals surface area contributed by atoms with Crippen molar-refractivity contribution in [1.82, 2.24) is 24.3 Å². The van der Waals surface area contributed by atoms with Crippen LogP contribution >= 0.6 is 0 Å². The molecule has 3 aromatic heterocycles. The van der Waals surface area contributed by atoms with Crippen LogP contribution in [0.2, 0.25) is 0 Å². The Hall–Kier alpha value is -3.16. The van der Waals surface area contributed by atoms with Crippen LogP contribution in [0.15, 0.2) is 36.7 Å². The molecule has 0 N–H and O–H groups in total. The van der Waals surface area contributed by atoms with E-state index >= 15 is 0 Å². The van der Waals surface area contributed by atoms with Gasteiger partial charge in [0, 0.05) is 51.7 Å². The van der Waals surface area contributed by atoms with Crippen LogP contribution in [0.5, 0.6) is 0 Å². The normalized spacial score (nSPS) is 17.6. The summed E-state index contributed by atoms with van der Waals surface area (Å²) in [6, 6.07) is 7.77. The molecule has 5 rings (SSSR count). The van der Waals surface area contributed by atoms with Crippen LogP contribution in [-0.4, -0.2) is 69.4 Å². The molecule has 0 radical (unpaired) electrons. The van der Waals surface area contributed by atoms with E-state index < -0.39 is 0 Å². The predicted molar refractivity (Wildman–Crippen MR) is 116 cm³/mol. The Bertz CT molecular complexity index is 1050. The van der Waals surface area contributed by atoms with Crippen LogP contribution in [0.4, 0.5) is 11.8 Å². The zero-order valence-corrected chi connectivity index (χ0v) is 17.4. The van der Waals surface area contributed by atoms with Gasteiger partial charge in [-0.25, -0.2) is 9.97 Å². The summed E-state index contributed by atoms with van der Waals surface area (Å²) in [6.07, 6.45) is 7.46. The number of piperidine rings is 1. The number of aryl methyl sites for hydroxylation is 1.